The van der Waals surface area contributed by atoms with Crippen molar-refractivity contribution in [3.8, 4) is 0 Å². The molecule has 1 aliphatic heterocycles. The molecule has 1 heteroatoms. The van der Waals surface area contributed by atoms with E-state index in [2.05, 4.69) is 32.6 Å². The quantitative estimate of drug-likeness (QED) is 0.617. The Morgan fingerprint density at radius 3 is 2.00 bits per heavy atom. The molecular weight excluding hydrogens is 146 g/mol. The summed E-state index contributed by atoms with van der Waals surface area (Å²) in [6.07, 6.45) is 1.41. The Morgan fingerprint density at radius 2 is 1.75 bits per heavy atom. The molecule has 0 bridgehead atoms. The molecule has 0 aromatic rings. The first-order valence-electron chi connectivity index (χ1n) is 4.85. The van der Waals surface area contributed by atoms with E-state index in [4.69, 9.17) is 0 Å². The van der Waals surface area contributed by atoms with Crippen LogP contribution in [0.2, 0.25) is 0 Å². The maximum atomic E-state index is 2.59. The van der Waals surface area contributed by atoms with Gasteiger partial charge in [-0.05, 0) is 38.6 Å². The highest BCUT2D eigenvalue weighted by atomic mass is 15.2. The highest BCUT2D eigenvalue weighted by molar-refractivity contribution is 4.79. The van der Waals surface area contributed by atoms with Crippen LogP contribution >= 0.6 is 0 Å². The van der Waals surface area contributed by atoms with Crippen LogP contribution in [0.15, 0.2) is 0 Å². The molecule has 0 aromatic carbocycles. The fourth-order valence-electron chi connectivity index (χ4n) is 1.83. The van der Waals surface area contributed by atoms with Crippen molar-refractivity contribution in [2.75, 3.05) is 13.1 Å². The molecule has 1 unspecified atom stereocenters. The van der Waals surface area contributed by atoms with Crippen molar-refractivity contribution in [2.24, 2.45) is 11.8 Å². The SMILES string of the molecule is C.CC(C)C1CCN(C(C)C)C1. The van der Waals surface area contributed by atoms with Crippen LogP contribution < -0.4 is 0 Å². The third-order valence-electron chi connectivity index (χ3n) is 2.93. The van der Waals surface area contributed by atoms with E-state index in [1.54, 1.807) is 0 Å². The van der Waals surface area contributed by atoms with Crippen LogP contribution in [0.3, 0.4) is 0 Å². The molecule has 1 heterocycles. The lowest BCUT2D eigenvalue weighted by atomic mass is 9.95. The van der Waals surface area contributed by atoms with Gasteiger partial charge in [-0.2, -0.15) is 0 Å². The average molecular weight is 171 g/mol. The lowest BCUT2D eigenvalue weighted by Gasteiger charge is -2.21. The van der Waals surface area contributed by atoms with E-state index >= 15 is 0 Å². The molecule has 0 aromatic heterocycles. The van der Waals surface area contributed by atoms with Crippen LogP contribution in [0.25, 0.3) is 0 Å². The minimum absolute atomic E-state index is 0. The van der Waals surface area contributed by atoms with Crippen molar-refractivity contribution in [3.05, 3.63) is 0 Å². The second-order valence-electron chi connectivity index (χ2n) is 4.38. The van der Waals surface area contributed by atoms with E-state index < -0.39 is 0 Å². The van der Waals surface area contributed by atoms with Crippen LogP contribution in [0, 0.1) is 11.8 Å². The lowest BCUT2D eigenvalue weighted by Crippen LogP contribution is -2.28. The summed E-state index contributed by atoms with van der Waals surface area (Å²) < 4.78 is 0. The van der Waals surface area contributed by atoms with Crippen molar-refractivity contribution in [2.45, 2.75) is 47.6 Å². The summed E-state index contributed by atoms with van der Waals surface area (Å²) in [6, 6.07) is 0.749. The van der Waals surface area contributed by atoms with Gasteiger partial charge in [0.15, 0.2) is 0 Å². The third kappa shape index (κ3) is 2.78. The Labute approximate surface area is 78.1 Å². The Kier molecular flexibility index (Phi) is 4.84. The zero-order valence-electron chi connectivity index (χ0n) is 8.30. The van der Waals surface area contributed by atoms with Gasteiger partial charge in [0.1, 0.15) is 0 Å². The first-order chi connectivity index (χ1) is 5.11. The van der Waals surface area contributed by atoms with Gasteiger partial charge in [0, 0.05) is 12.6 Å². The second-order valence-corrected chi connectivity index (χ2v) is 4.38. The molecule has 1 rings (SSSR count). The van der Waals surface area contributed by atoms with Crippen molar-refractivity contribution < 1.29 is 0 Å². The van der Waals surface area contributed by atoms with Gasteiger partial charge >= 0.3 is 0 Å². The molecule has 0 radical (unpaired) electrons. The fourth-order valence-corrected chi connectivity index (χ4v) is 1.83. The Morgan fingerprint density at radius 1 is 1.17 bits per heavy atom. The first kappa shape index (κ1) is 12.0. The molecule has 0 spiro atoms. The molecule has 0 saturated carbocycles. The minimum Gasteiger partial charge on any atom is -0.301 e. The van der Waals surface area contributed by atoms with E-state index in [1.165, 1.54) is 19.5 Å². The summed E-state index contributed by atoms with van der Waals surface area (Å²) >= 11 is 0. The number of hydrogen-bond acceptors (Lipinski definition) is 1. The molecule has 1 atom stereocenters. The summed E-state index contributed by atoms with van der Waals surface area (Å²) in [6.45, 7) is 11.9. The van der Waals surface area contributed by atoms with E-state index in [9.17, 15) is 0 Å². The topological polar surface area (TPSA) is 3.24 Å². The maximum Gasteiger partial charge on any atom is 0.00387 e. The summed E-state index contributed by atoms with van der Waals surface area (Å²) in [7, 11) is 0. The minimum atomic E-state index is 0. The number of likely N-dealkylation sites (tertiary alicyclic amines) is 1. The van der Waals surface area contributed by atoms with Crippen molar-refractivity contribution >= 4 is 0 Å². The van der Waals surface area contributed by atoms with Crippen LogP contribution in [-0.4, -0.2) is 24.0 Å². The monoisotopic (exact) mass is 171 g/mol. The number of rotatable bonds is 2. The van der Waals surface area contributed by atoms with Gasteiger partial charge in [-0.3, -0.25) is 0 Å². The first-order valence-corrected chi connectivity index (χ1v) is 4.85. The van der Waals surface area contributed by atoms with Crippen LogP contribution in [0.1, 0.15) is 41.5 Å². The molecule has 1 aliphatic rings. The molecule has 0 amide bonds. The second kappa shape index (κ2) is 4.86. The Bertz CT molecular complexity index is 104. The predicted octanol–water partition coefficient (Wildman–Crippen LogP) is 3.01. The van der Waals surface area contributed by atoms with E-state index in [0.717, 1.165) is 17.9 Å². The summed E-state index contributed by atoms with van der Waals surface area (Å²) in [5, 5.41) is 0. The zero-order valence-corrected chi connectivity index (χ0v) is 8.30. The molecule has 0 N–H and O–H groups in total. The highest BCUT2D eigenvalue weighted by Crippen LogP contribution is 2.24. The molecule has 74 valence electrons. The zero-order chi connectivity index (χ0) is 8.43. The lowest BCUT2D eigenvalue weighted by molar-refractivity contribution is 0.253. The summed E-state index contributed by atoms with van der Waals surface area (Å²) in [4.78, 5) is 2.59. The molecule has 1 nitrogen and oxygen atoms in total. The van der Waals surface area contributed by atoms with Gasteiger partial charge in [0.2, 0.25) is 0 Å². The summed E-state index contributed by atoms with van der Waals surface area (Å²) in [5.41, 5.74) is 0. The largest absolute Gasteiger partial charge is 0.301 e. The molecule has 0 aliphatic carbocycles. The van der Waals surface area contributed by atoms with Crippen molar-refractivity contribution in [3.63, 3.8) is 0 Å². The molecule has 12 heavy (non-hydrogen) atoms. The van der Waals surface area contributed by atoms with Gasteiger partial charge in [-0.15, -0.1) is 0 Å². The van der Waals surface area contributed by atoms with Crippen molar-refractivity contribution in [1.82, 2.24) is 4.90 Å². The standard InChI is InChI=1S/C10H21N.CH4/c1-8(2)10-5-6-11(7-10)9(3)4;/h8-10H,5-7H2,1-4H3;1H4. The van der Waals surface area contributed by atoms with Gasteiger partial charge in [-0.25, -0.2) is 0 Å². The number of hydrogen-bond donors (Lipinski definition) is 0. The van der Waals surface area contributed by atoms with Gasteiger partial charge in [0.05, 0.1) is 0 Å². The smallest absolute Gasteiger partial charge is 0.00387 e. The number of nitrogens with zero attached hydrogens (tertiary/aromatic N) is 1. The maximum absolute atomic E-state index is 2.59. The highest BCUT2D eigenvalue weighted by Gasteiger charge is 2.25. The van der Waals surface area contributed by atoms with Crippen LogP contribution in [0.4, 0.5) is 0 Å². The predicted molar refractivity (Wildman–Crippen MR) is 56.4 cm³/mol. The normalized spacial score (nSPS) is 25.0. The molecule has 1 saturated heterocycles. The fraction of sp³-hybridized carbons (Fsp3) is 1.00. The van der Waals surface area contributed by atoms with Crippen LogP contribution in [0.5, 0.6) is 0 Å². The summed E-state index contributed by atoms with van der Waals surface area (Å²) in [5.74, 6) is 1.83. The molecule has 1 fully saturated rings. The van der Waals surface area contributed by atoms with Crippen molar-refractivity contribution in [1.29, 1.82) is 0 Å². The van der Waals surface area contributed by atoms with Gasteiger partial charge in [0.25, 0.3) is 0 Å². The van der Waals surface area contributed by atoms with E-state index in [-0.39, 0.29) is 7.43 Å². The van der Waals surface area contributed by atoms with E-state index in [1.807, 2.05) is 0 Å². The third-order valence-corrected chi connectivity index (χ3v) is 2.93. The van der Waals surface area contributed by atoms with Crippen LogP contribution in [-0.2, 0) is 0 Å². The van der Waals surface area contributed by atoms with Gasteiger partial charge in [-0.1, -0.05) is 21.3 Å². The van der Waals surface area contributed by atoms with Gasteiger partial charge < -0.3 is 4.90 Å². The Hall–Kier alpha value is -0.0400. The Balaban J connectivity index is 0.00000121. The van der Waals surface area contributed by atoms with E-state index in [0.29, 0.717) is 0 Å². The average Bonchev–Trinajstić information content (AvgIpc) is 2.33. The molecular formula is C11H25N.